The van der Waals surface area contributed by atoms with Gasteiger partial charge in [0.25, 0.3) is 0 Å². The van der Waals surface area contributed by atoms with Crippen LogP contribution in [0.5, 0.6) is 0 Å². The Hall–Kier alpha value is -1.30. The molecule has 2 atom stereocenters. The number of ether oxygens (including phenoxy) is 2. The van der Waals surface area contributed by atoms with Gasteiger partial charge >= 0.3 is 6.09 Å². The quantitative estimate of drug-likeness (QED) is 0.722. The average molecular weight is 274 g/mol. The monoisotopic (exact) mass is 274 g/mol. The minimum Gasteiger partial charge on any atom is -0.444 e. The Morgan fingerprint density at radius 3 is 2.26 bits per heavy atom. The van der Waals surface area contributed by atoms with Gasteiger partial charge in [-0.15, -0.1) is 0 Å². The zero-order valence-electron chi connectivity index (χ0n) is 12.7. The van der Waals surface area contributed by atoms with E-state index in [1.54, 1.807) is 20.8 Å². The minimum atomic E-state index is -0.630. The van der Waals surface area contributed by atoms with Gasteiger partial charge in [-0.25, -0.2) is 4.79 Å². The molecule has 0 heterocycles. The van der Waals surface area contributed by atoms with E-state index in [0.717, 1.165) is 6.42 Å². The van der Waals surface area contributed by atoms with Gasteiger partial charge in [-0.2, -0.15) is 0 Å². The normalized spacial score (nSPS) is 14.4. The van der Waals surface area contributed by atoms with Crippen molar-refractivity contribution in [3.8, 4) is 0 Å². The predicted octanol–water partition coefficient (Wildman–Crippen LogP) is 1.65. The lowest BCUT2D eigenvalue weighted by molar-refractivity contribution is -0.125. The Morgan fingerprint density at radius 1 is 1.26 bits per heavy atom. The highest BCUT2D eigenvalue weighted by Gasteiger charge is 2.27. The van der Waals surface area contributed by atoms with Crippen molar-refractivity contribution in [1.29, 1.82) is 0 Å². The summed E-state index contributed by atoms with van der Waals surface area (Å²) in [4.78, 5) is 23.7. The summed E-state index contributed by atoms with van der Waals surface area (Å²) in [5.74, 6) is -0.272. The van der Waals surface area contributed by atoms with E-state index < -0.39 is 17.7 Å². The molecule has 6 heteroatoms. The molecule has 0 saturated carbocycles. The number of hydrogen-bond acceptors (Lipinski definition) is 4. The molecular weight excluding hydrogens is 248 g/mol. The Balaban J connectivity index is 4.60. The number of methoxy groups -OCH3 is 1. The molecular formula is C13H26N2O4. The predicted molar refractivity (Wildman–Crippen MR) is 72.6 cm³/mol. The molecule has 2 amide bonds. The summed E-state index contributed by atoms with van der Waals surface area (Å²) in [6, 6.07) is -0.630. The second kappa shape index (κ2) is 7.99. The van der Waals surface area contributed by atoms with E-state index >= 15 is 0 Å². The van der Waals surface area contributed by atoms with E-state index in [1.807, 2.05) is 13.8 Å². The summed E-state index contributed by atoms with van der Waals surface area (Å²) in [5.41, 5.74) is -0.590. The van der Waals surface area contributed by atoms with Gasteiger partial charge in [-0.3, -0.25) is 4.79 Å². The van der Waals surface area contributed by atoms with Gasteiger partial charge in [0.2, 0.25) is 5.91 Å². The molecule has 0 fully saturated rings. The molecule has 0 aliphatic rings. The lowest BCUT2D eigenvalue weighted by Gasteiger charge is -2.26. The van der Waals surface area contributed by atoms with Crippen molar-refractivity contribution < 1.29 is 19.1 Å². The van der Waals surface area contributed by atoms with Gasteiger partial charge < -0.3 is 20.1 Å². The van der Waals surface area contributed by atoms with Gasteiger partial charge in [0, 0.05) is 7.11 Å². The summed E-state index contributed by atoms with van der Waals surface area (Å²) in [5, 5.41) is 5.19. The van der Waals surface area contributed by atoms with Crippen molar-refractivity contribution >= 4 is 12.0 Å². The van der Waals surface area contributed by atoms with Crippen molar-refractivity contribution in [3.63, 3.8) is 0 Å². The topological polar surface area (TPSA) is 76.7 Å². The van der Waals surface area contributed by atoms with E-state index in [-0.39, 0.29) is 18.6 Å². The fraction of sp³-hybridized carbons (Fsp3) is 0.846. The molecule has 0 radical (unpaired) electrons. The van der Waals surface area contributed by atoms with Crippen LogP contribution in [-0.2, 0) is 14.3 Å². The van der Waals surface area contributed by atoms with Crippen LogP contribution in [-0.4, -0.2) is 37.5 Å². The first kappa shape index (κ1) is 17.7. The molecule has 0 aromatic carbocycles. The Morgan fingerprint density at radius 2 is 1.84 bits per heavy atom. The molecule has 0 aromatic heterocycles. The second-order valence-corrected chi connectivity index (χ2v) is 5.48. The van der Waals surface area contributed by atoms with Gasteiger partial charge in [0.15, 0.2) is 0 Å². The maximum absolute atomic E-state index is 11.9. The van der Waals surface area contributed by atoms with Gasteiger partial charge in [0.05, 0.1) is 0 Å². The van der Waals surface area contributed by atoms with Crippen LogP contribution in [0.1, 0.15) is 41.0 Å². The SMILES string of the molecule is CC[C@H](C)[C@H](NC(=O)OC(C)(C)C)C(=O)NCOC. The Labute approximate surface area is 115 Å². The smallest absolute Gasteiger partial charge is 0.408 e. The van der Waals surface area contributed by atoms with Crippen LogP contribution >= 0.6 is 0 Å². The molecule has 0 aromatic rings. The highest BCUT2D eigenvalue weighted by Crippen LogP contribution is 2.11. The fourth-order valence-corrected chi connectivity index (χ4v) is 1.39. The lowest BCUT2D eigenvalue weighted by atomic mass is 9.98. The van der Waals surface area contributed by atoms with Crippen molar-refractivity contribution in [3.05, 3.63) is 0 Å². The first-order valence-electron chi connectivity index (χ1n) is 6.47. The number of carbonyl (C=O) groups excluding carboxylic acids is 2. The zero-order chi connectivity index (χ0) is 15.1. The van der Waals surface area contributed by atoms with Gasteiger partial charge in [-0.1, -0.05) is 20.3 Å². The minimum absolute atomic E-state index is 0.00405. The third-order valence-corrected chi connectivity index (χ3v) is 2.56. The number of hydrogen-bond donors (Lipinski definition) is 2. The van der Waals surface area contributed by atoms with Crippen molar-refractivity contribution in [2.24, 2.45) is 5.92 Å². The van der Waals surface area contributed by atoms with Crippen LogP contribution in [0.3, 0.4) is 0 Å². The van der Waals surface area contributed by atoms with Crippen LogP contribution < -0.4 is 10.6 Å². The maximum Gasteiger partial charge on any atom is 0.408 e. The first-order chi connectivity index (χ1) is 8.71. The van der Waals surface area contributed by atoms with E-state index in [2.05, 4.69) is 10.6 Å². The highest BCUT2D eigenvalue weighted by molar-refractivity contribution is 5.85. The molecule has 0 rings (SSSR count). The first-order valence-corrected chi connectivity index (χ1v) is 6.47. The maximum atomic E-state index is 11.9. The third-order valence-electron chi connectivity index (χ3n) is 2.56. The number of rotatable bonds is 6. The van der Waals surface area contributed by atoms with E-state index in [0.29, 0.717) is 0 Å². The molecule has 0 aliphatic carbocycles. The van der Waals surface area contributed by atoms with Crippen LogP contribution in [0.15, 0.2) is 0 Å². The highest BCUT2D eigenvalue weighted by atomic mass is 16.6. The van der Waals surface area contributed by atoms with E-state index in [9.17, 15) is 9.59 Å². The second-order valence-electron chi connectivity index (χ2n) is 5.48. The molecule has 2 N–H and O–H groups in total. The van der Waals surface area contributed by atoms with Crippen molar-refractivity contribution in [1.82, 2.24) is 10.6 Å². The molecule has 0 bridgehead atoms. The molecule has 0 saturated heterocycles. The number of nitrogens with one attached hydrogen (secondary N) is 2. The summed E-state index contributed by atoms with van der Waals surface area (Å²) in [7, 11) is 1.49. The molecule has 19 heavy (non-hydrogen) atoms. The fourth-order valence-electron chi connectivity index (χ4n) is 1.39. The molecule has 0 spiro atoms. The van der Waals surface area contributed by atoms with Gasteiger partial charge in [0.1, 0.15) is 18.4 Å². The Bertz CT molecular complexity index is 300. The molecule has 112 valence electrons. The Kier molecular flexibility index (Phi) is 7.44. The van der Waals surface area contributed by atoms with Crippen LogP contribution in [0.2, 0.25) is 0 Å². The largest absolute Gasteiger partial charge is 0.444 e. The average Bonchev–Trinajstić information content (AvgIpc) is 2.29. The summed E-state index contributed by atoms with van der Waals surface area (Å²) in [6.07, 6.45) is 0.172. The van der Waals surface area contributed by atoms with Crippen LogP contribution in [0.4, 0.5) is 4.79 Å². The van der Waals surface area contributed by atoms with Crippen LogP contribution in [0, 0.1) is 5.92 Å². The molecule has 0 unspecified atom stereocenters. The third kappa shape index (κ3) is 7.66. The number of carbonyl (C=O) groups is 2. The molecule has 6 nitrogen and oxygen atoms in total. The number of alkyl carbamates (subject to hydrolysis) is 1. The summed E-state index contributed by atoms with van der Waals surface area (Å²) >= 11 is 0. The summed E-state index contributed by atoms with van der Waals surface area (Å²) in [6.45, 7) is 9.29. The van der Waals surface area contributed by atoms with Crippen molar-refractivity contribution in [2.45, 2.75) is 52.7 Å². The zero-order valence-corrected chi connectivity index (χ0v) is 12.7. The standard InChI is InChI=1S/C13H26N2O4/c1-7-9(2)10(11(16)14-8-18-6)15-12(17)19-13(3,4)5/h9-10H,7-8H2,1-6H3,(H,14,16)(H,15,17)/t9-,10-/m0/s1. The van der Waals surface area contributed by atoms with E-state index in [4.69, 9.17) is 9.47 Å². The van der Waals surface area contributed by atoms with Crippen molar-refractivity contribution in [2.75, 3.05) is 13.8 Å². The number of amides is 2. The lowest BCUT2D eigenvalue weighted by Crippen LogP contribution is -2.51. The molecule has 0 aliphatic heterocycles. The van der Waals surface area contributed by atoms with E-state index in [1.165, 1.54) is 7.11 Å². The summed E-state index contributed by atoms with van der Waals surface area (Å²) < 4.78 is 9.94. The van der Waals surface area contributed by atoms with Gasteiger partial charge in [-0.05, 0) is 26.7 Å². The van der Waals surface area contributed by atoms with Crippen LogP contribution in [0.25, 0.3) is 0 Å².